The number of ether oxygens (including phenoxy) is 4. The summed E-state index contributed by atoms with van der Waals surface area (Å²) in [5.41, 5.74) is 2.30. The fourth-order valence-corrected chi connectivity index (χ4v) is 3.28. The Hall–Kier alpha value is -4.20. The Bertz CT molecular complexity index is 1130. The van der Waals surface area contributed by atoms with E-state index in [1.807, 2.05) is 37.3 Å². The van der Waals surface area contributed by atoms with Gasteiger partial charge in [0.25, 0.3) is 11.8 Å². The van der Waals surface area contributed by atoms with E-state index < -0.39 is 0 Å². The van der Waals surface area contributed by atoms with Gasteiger partial charge in [-0.25, -0.2) is 0 Å². The topological polar surface area (TPSA) is 95.1 Å². The molecule has 0 unspecified atom stereocenters. The van der Waals surface area contributed by atoms with Crippen LogP contribution in [-0.4, -0.2) is 39.2 Å². The van der Waals surface area contributed by atoms with Gasteiger partial charge in [-0.05, 0) is 48.4 Å². The first kappa shape index (κ1) is 25.4. The summed E-state index contributed by atoms with van der Waals surface area (Å²) in [5.74, 6) is 1.49. The van der Waals surface area contributed by atoms with Crippen LogP contribution in [0.3, 0.4) is 0 Å². The molecule has 0 aromatic heterocycles. The zero-order chi connectivity index (χ0) is 25.0. The molecule has 0 radical (unpaired) electrons. The van der Waals surface area contributed by atoms with Gasteiger partial charge in [-0.2, -0.15) is 0 Å². The molecule has 2 N–H and O–H groups in total. The lowest BCUT2D eigenvalue weighted by Gasteiger charge is -2.14. The van der Waals surface area contributed by atoms with Crippen LogP contribution in [0.4, 0.5) is 0 Å². The third kappa shape index (κ3) is 7.40. The first-order valence-electron chi connectivity index (χ1n) is 11.2. The summed E-state index contributed by atoms with van der Waals surface area (Å²) in [5, 5.41) is 5.56. The van der Waals surface area contributed by atoms with Gasteiger partial charge in [-0.15, -0.1) is 0 Å². The molecule has 0 bridgehead atoms. The van der Waals surface area contributed by atoms with Crippen LogP contribution in [-0.2, 0) is 17.9 Å². The minimum atomic E-state index is -0.256. The summed E-state index contributed by atoms with van der Waals surface area (Å²) < 4.78 is 22.2. The van der Waals surface area contributed by atoms with Crippen molar-refractivity contribution >= 4 is 11.8 Å². The molecule has 0 saturated carbocycles. The van der Waals surface area contributed by atoms with Crippen molar-refractivity contribution in [3.63, 3.8) is 0 Å². The van der Waals surface area contributed by atoms with Gasteiger partial charge in [0, 0.05) is 18.7 Å². The predicted octanol–water partition coefficient (Wildman–Crippen LogP) is 3.73. The molecule has 0 aliphatic rings. The van der Waals surface area contributed by atoms with Gasteiger partial charge in [0.1, 0.15) is 6.61 Å². The summed E-state index contributed by atoms with van der Waals surface area (Å²) in [6.07, 6.45) is 0. The second kappa shape index (κ2) is 12.9. The molecule has 3 aromatic carbocycles. The number of nitrogens with one attached hydrogen (secondary N) is 2. The van der Waals surface area contributed by atoms with Crippen molar-refractivity contribution in [2.75, 3.05) is 27.4 Å². The van der Waals surface area contributed by atoms with Crippen molar-refractivity contribution in [3.05, 3.63) is 83.4 Å². The second-order valence-electron chi connectivity index (χ2n) is 7.55. The maximum absolute atomic E-state index is 12.7. The fraction of sp³-hybridized carbons (Fsp3) is 0.259. The van der Waals surface area contributed by atoms with E-state index in [1.165, 1.54) is 14.2 Å². The Kier molecular flexibility index (Phi) is 9.36. The summed E-state index contributed by atoms with van der Waals surface area (Å²) in [6, 6.07) is 20.1. The molecule has 3 rings (SSSR count). The number of carbonyl (C=O) groups excluding carboxylic acids is 2. The lowest BCUT2D eigenvalue weighted by atomic mass is 10.1. The van der Waals surface area contributed by atoms with E-state index in [4.69, 9.17) is 18.9 Å². The molecule has 184 valence electrons. The molecule has 3 aromatic rings. The number of hydrogen-bond donors (Lipinski definition) is 2. The Balaban J connectivity index is 1.59. The quantitative estimate of drug-likeness (QED) is 0.412. The number of rotatable bonds is 12. The molecular weight excluding hydrogens is 448 g/mol. The van der Waals surface area contributed by atoms with Crippen LogP contribution in [0, 0.1) is 0 Å². The highest BCUT2D eigenvalue weighted by Crippen LogP contribution is 2.30. The molecule has 8 heteroatoms. The van der Waals surface area contributed by atoms with E-state index in [0.717, 1.165) is 11.1 Å². The third-order valence-electron chi connectivity index (χ3n) is 5.08. The van der Waals surface area contributed by atoms with E-state index in [2.05, 4.69) is 10.6 Å². The molecule has 0 aliphatic carbocycles. The van der Waals surface area contributed by atoms with E-state index in [9.17, 15) is 9.59 Å². The van der Waals surface area contributed by atoms with Gasteiger partial charge in [-0.1, -0.05) is 36.4 Å². The summed E-state index contributed by atoms with van der Waals surface area (Å²) in [4.78, 5) is 24.4. The standard InChI is InChI=1S/C27H30N2O6/c1-4-28-26(30)18-35-22-12-10-20(14-24(22)32-2)16-29-27(31)21-11-13-23(25(15-21)33-3)34-17-19-8-6-5-7-9-19/h5-15H,4,16-18H2,1-3H3,(H,28,30)(H,29,31). The van der Waals surface area contributed by atoms with Crippen LogP contribution < -0.4 is 29.6 Å². The largest absolute Gasteiger partial charge is 0.493 e. The van der Waals surface area contributed by atoms with Crippen molar-refractivity contribution in [3.8, 4) is 23.0 Å². The average molecular weight is 479 g/mol. The van der Waals surface area contributed by atoms with Crippen LogP contribution in [0.15, 0.2) is 66.7 Å². The Morgan fingerprint density at radius 3 is 2.14 bits per heavy atom. The van der Waals surface area contributed by atoms with Crippen molar-refractivity contribution in [2.24, 2.45) is 0 Å². The number of likely N-dealkylation sites (N-methyl/N-ethyl adjacent to an activating group) is 1. The second-order valence-corrected chi connectivity index (χ2v) is 7.55. The molecule has 0 atom stereocenters. The minimum Gasteiger partial charge on any atom is -0.493 e. The minimum absolute atomic E-state index is 0.104. The van der Waals surface area contributed by atoms with Crippen LogP contribution in [0.5, 0.6) is 23.0 Å². The van der Waals surface area contributed by atoms with Crippen LogP contribution in [0.1, 0.15) is 28.4 Å². The lowest BCUT2D eigenvalue weighted by Crippen LogP contribution is -2.28. The van der Waals surface area contributed by atoms with Crippen LogP contribution >= 0.6 is 0 Å². The van der Waals surface area contributed by atoms with Gasteiger partial charge in [-0.3, -0.25) is 9.59 Å². The van der Waals surface area contributed by atoms with Gasteiger partial charge < -0.3 is 29.6 Å². The SMILES string of the molecule is CCNC(=O)COc1ccc(CNC(=O)c2ccc(OCc3ccccc3)c(OC)c2)cc1OC. The summed E-state index contributed by atoms with van der Waals surface area (Å²) >= 11 is 0. The van der Waals surface area contributed by atoms with Crippen molar-refractivity contribution in [1.29, 1.82) is 0 Å². The number of methoxy groups -OCH3 is 2. The highest BCUT2D eigenvalue weighted by Gasteiger charge is 2.13. The van der Waals surface area contributed by atoms with Crippen molar-refractivity contribution < 1.29 is 28.5 Å². The van der Waals surface area contributed by atoms with E-state index >= 15 is 0 Å². The number of benzene rings is 3. The highest BCUT2D eigenvalue weighted by molar-refractivity contribution is 5.94. The van der Waals surface area contributed by atoms with Gasteiger partial charge in [0.05, 0.1) is 14.2 Å². The highest BCUT2D eigenvalue weighted by atomic mass is 16.5. The molecule has 35 heavy (non-hydrogen) atoms. The number of carbonyl (C=O) groups is 2. The zero-order valence-electron chi connectivity index (χ0n) is 20.1. The Morgan fingerprint density at radius 1 is 0.743 bits per heavy atom. The maximum Gasteiger partial charge on any atom is 0.257 e. The van der Waals surface area contributed by atoms with Gasteiger partial charge >= 0.3 is 0 Å². The smallest absolute Gasteiger partial charge is 0.257 e. The molecular formula is C27H30N2O6. The van der Waals surface area contributed by atoms with Gasteiger partial charge in [0.2, 0.25) is 0 Å². The summed E-state index contributed by atoms with van der Waals surface area (Å²) in [7, 11) is 3.05. The van der Waals surface area contributed by atoms with E-state index in [0.29, 0.717) is 41.7 Å². The number of hydrogen-bond acceptors (Lipinski definition) is 6. The van der Waals surface area contributed by atoms with Crippen molar-refractivity contribution in [1.82, 2.24) is 10.6 Å². The molecule has 0 heterocycles. The van der Waals surface area contributed by atoms with E-state index in [1.54, 1.807) is 36.4 Å². The molecule has 0 aliphatic heterocycles. The monoisotopic (exact) mass is 478 g/mol. The van der Waals surface area contributed by atoms with E-state index in [-0.39, 0.29) is 25.0 Å². The first-order valence-corrected chi connectivity index (χ1v) is 11.2. The normalized spacial score (nSPS) is 10.3. The average Bonchev–Trinajstić information content (AvgIpc) is 2.90. The van der Waals surface area contributed by atoms with Crippen LogP contribution in [0.2, 0.25) is 0 Å². The van der Waals surface area contributed by atoms with Gasteiger partial charge in [0.15, 0.2) is 29.6 Å². The molecule has 8 nitrogen and oxygen atoms in total. The Morgan fingerprint density at radius 2 is 1.43 bits per heavy atom. The maximum atomic E-state index is 12.7. The molecule has 0 fully saturated rings. The van der Waals surface area contributed by atoms with Crippen molar-refractivity contribution in [2.45, 2.75) is 20.1 Å². The zero-order valence-corrected chi connectivity index (χ0v) is 20.1. The van der Waals surface area contributed by atoms with Crippen LogP contribution in [0.25, 0.3) is 0 Å². The molecule has 2 amide bonds. The molecule has 0 spiro atoms. The third-order valence-corrected chi connectivity index (χ3v) is 5.08. The number of amides is 2. The summed E-state index contributed by atoms with van der Waals surface area (Å²) in [6.45, 7) is 2.94. The predicted molar refractivity (Wildman–Crippen MR) is 132 cm³/mol. The lowest BCUT2D eigenvalue weighted by molar-refractivity contribution is -0.123. The first-order chi connectivity index (χ1) is 17.0. The molecule has 0 saturated heterocycles. The Labute approximate surface area is 205 Å². The fourth-order valence-electron chi connectivity index (χ4n) is 3.28.